The summed E-state index contributed by atoms with van der Waals surface area (Å²) in [5.41, 5.74) is 5.44. The molecule has 0 saturated carbocycles. The molecule has 0 bridgehead atoms. The monoisotopic (exact) mass is 610 g/mol. The molecule has 0 spiro atoms. The number of aliphatic hydroxyl groups is 1. The predicted octanol–water partition coefficient (Wildman–Crippen LogP) is 5.74. The standard InChI is InChI=1S/C35H39BN2O7/c1-3-22(17-27-14-15-28(20-39)44-27)9-16-31-32-23(21-43-2)18-29-33(30(32)19-36(42)45-31)35(41)38(34(29)40)26-12-10-25(11-13-26)37-24-7-5-4-6-8-24/h4-8,10-15,17,29-31,33,37,39,42H,3,9,16,18-21H2,1-2H3/b22-17+/t29-,30+,31-,33-/m1/s1. The summed E-state index contributed by atoms with van der Waals surface area (Å²) in [7, 11) is 0.584. The van der Waals surface area contributed by atoms with Crippen molar-refractivity contribution in [1.29, 1.82) is 0 Å². The first kappa shape index (κ1) is 31.0. The molecular weight excluding hydrogens is 571 g/mol. The molecule has 2 fully saturated rings. The van der Waals surface area contributed by atoms with Gasteiger partial charge in [0.15, 0.2) is 0 Å². The van der Waals surface area contributed by atoms with Crippen LogP contribution in [-0.2, 0) is 25.6 Å². The molecule has 3 aromatic rings. The van der Waals surface area contributed by atoms with Gasteiger partial charge in [-0.25, -0.2) is 0 Å². The first-order chi connectivity index (χ1) is 21.9. The van der Waals surface area contributed by atoms with E-state index in [-0.39, 0.29) is 30.7 Å². The average Bonchev–Trinajstić information content (AvgIpc) is 3.61. The number of carbonyl (C=O) groups excluding carboxylic acids is 2. The van der Waals surface area contributed by atoms with E-state index in [9.17, 15) is 19.7 Å². The third-order valence-electron chi connectivity index (χ3n) is 9.18. The lowest BCUT2D eigenvalue weighted by atomic mass is 9.58. The second kappa shape index (κ2) is 13.6. The van der Waals surface area contributed by atoms with Gasteiger partial charge >= 0.3 is 7.12 Å². The lowest BCUT2D eigenvalue weighted by Crippen LogP contribution is -2.46. The number of hydrogen-bond donors (Lipinski definition) is 3. The molecule has 6 rings (SSSR count). The molecule has 4 atom stereocenters. The highest BCUT2D eigenvalue weighted by Gasteiger charge is 2.57. The fraction of sp³-hybridized carbons (Fsp3) is 0.371. The Morgan fingerprint density at radius 2 is 1.80 bits per heavy atom. The molecule has 10 heteroatoms. The highest BCUT2D eigenvalue weighted by molar-refractivity contribution is 6.43. The maximum absolute atomic E-state index is 14.1. The van der Waals surface area contributed by atoms with Crippen molar-refractivity contribution < 1.29 is 33.5 Å². The molecule has 2 amide bonds. The molecule has 2 aliphatic heterocycles. The summed E-state index contributed by atoms with van der Waals surface area (Å²) >= 11 is 0. The van der Waals surface area contributed by atoms with Crippen LogP contribution >= 0.6 is 0 Å². The topological polar surface area (TPSA) is 121 Å². The van der Waals surface area contributed by atoms with E-state index < -0.39 is 25.1 Å². The van der Waals surface area contributed by atoms with E-state index in [1.165, 1.54) is 4.90 Å². The highest BCUT2D eigenvalue weighted by atomic mass is 16.5. The molecule has 1 aliphatic carbocycles. The number of ether oxygens (including phenoxy) is 1. The third-order valence-corrected chi connectivity index (χ3v) is 9.18. The van der Waals surface area contributed by atoms with Crippen LogP contribution in [0, 0.1) is 17.8 Å². The molecule has 2 saturated heterocycles. The first-order valence-corrected chi connectivity index (χ1v) is 15.6. The number of hydrogen-bond acceptors (Lipinski definition) is 8. The number of nitrogens with one attached hydrogen (secondary N) is 1. The maximum atomic E-state index is 14.1. The van der Waals surface area contributed by atoms with Gasteiger partial charge in [-0.3, -0.25) is 14.5 Å². The van der Waals surface area contributed by atoms with E-state index >= 15 is 0 Å². The van der Waals surface area contributed by atoms with Crippen LogP contribution in [0.15, 0.2) is 87.9 Å². The van der Waals surface area contributed by atoms with E-state index in [0.717, 1.165) is 34.5 Å². The Kier molecular flexibility index (Phi) is 9.37. The number of carbonyl (C=O) groups is 2. The Morgan fingerprint density at radius 3 is 2.49 bits per heavy atom. The molecule has 3 N–H and O–H groups in total. The van der Waals surface area contributed by atoms with Crippen molar-refractivity contribution in [3.8, 4) is 0 Å². The summed E-state index contributed by atoms with van der Waals surface area (Å²) in [6.45, 7) is 2.25. The van der Waals surface area contributed by atoms with Crippen molar-refractivity contribution in [2.75, 3.05) is 23.9 Å². The van der Waals surface area contributed by atoms with E-state index in [2.05, 4.69) is 12.2 Å². The number of aliphatic hydroxyl groups excluding tert-OH is 1. The summed E-state index contributed by atoms with van der Waals surface area (Å²) in [6.07, 6.45) is 4.32. The summed E-state index contributed by atoms with van der Waals surface area (Å²) < 4.78 is 17.4. The minimum absolute atomic E-state index is 0.154. The largest absolute Gasteiger partial charge is 0.459 e. The van der Waals surface area contributed by atoms with Gasteiger partial charge in [-0.15, -0.1) is 0 Å². The van der Waals surface area contributed by atoms with Crippen LogP contribution in [0.5, 0.6) is 0 Å². The van der Waals surface area contributed by atoms with E-state index in [1.807, 2.05) is 54.6 Å². The van der Waals surface area contributed by atoms with Gasteiger partial charge in [0.1, 0.15) is 18.1 Å². The molecule has 3 aliphatic rings. The minimum atomic E-state index is -1.04. The summed E-state index contributed by atoms with van der Waals surface area (Å²) in [4.78, 5) is 29.3. The molecular formula is C35H39BN2O7. The molecule has 2 aromatic carbocycles. The summed E-state index contributed by atoms with van der Waals surface area (Å²) in [5.74, 6) is -0.670. The van der Waals surface area contributed by atoms with Gasteiger partial charge in [-0.2, -0.15) is 0 Å². The molecule has 0 unspecified atom stereocenters. The van der Waals surface area contributed by atoms with Gasteiger partial charge in [0, 0.05) is 18.5 Å². The Labute approximate surface area is 263 Å². The number of furan rings is 1. The van der Waals surface area contributed by atoms with Crippen LogP contribution < -0.4 is 10.2 Å². The van der Waals surface area contributed by atoms with E-state index in [0.29, 0.717) is 43.1 Å². The zero-order valence-corrected chi connectivity index (χ0v) is 25.6. The van der Waals surface area contributed by atoms with E-state index in [4.69, 9.17) is 13.8 Å². The van der Waals surface area contributed by atoms with Crippen molar-refractivity contribution in [2.45, 2.75) is 51.6 Å². The zero-order valence-electron chi connectivity index (χ0n) is 25.6. The molecule has 45 heavy (non-hydrogen) atoms. The van der Waals surface area contributed by atoms with Crippen LogP contribution in [0.2, 0.25) is 6.32 Å². The second-order valence-corrected chi connectivity index (χ2v) is 12.0. The average molecular weight is 611 g/mol. The molecule has 234 valence electrons. The third kappa shape index (κ3) is 6.42. The van der Waals surface area contributed by atoms with Crippen LogP contribution in [0.4, 0.5) is 17.1 Å². The van der Waals surface area contributed by atoms with Gasteiger partial charge in [-0.1, -0.05) is 30.7 Å². The molecule has 1 aromatic heterocycles. The lowest BCUT2D eigenvalue weighted by Gasteiger charge is -2.43. The van der Waals surface area contributed by atoms with Crippen LogP contribution in [0.3, 0.4) is 0 Å². The Morgan fingerprint density at radius 1 is 1.04 bits per heavy atom. The van der Waals surface area contributed by atoms with Gasteiger partial charge in [0.25, 0.3) is 0 Å². The van der Waals surface area contributed by atoms with Crippen LogP contribution in [0.25, 0.3) is 6.08 Å². The van der Waals surface area contributed by atoms with E-state index in [1.54, 1.807) is 25.3 Å². The number of amides is 2. The van der Waals surface area contributed by atoms with Crippen molar-refractivity contribution in [3.05, 3.63) is 95.0 Å². The normalized spacial score (nSPS) is 23.4. The van der Waals surface area contributed by atoms with Gasteiger partial charge < -0.3 is 29.3 Å². The highest BCUT2D eigenvalue weighted by Crippen LogP contribution is 2.51. The SMILES string of the molecule is CC/C(=C\c1ccc(CO)o1)CC[C@H]1OB(O)C[C@H]2C1=C(COC)C[C@H]1C(=O)N(c3ccc(Nc4ccccc4)cc3)C(=O)[C@H]12. The number of allylic oxidation sites excluding steroid dienone is 1. The number of anilines is 3. The lowest BCUT2D eigenvalue weighted by molar-refractivity contribution is -0.122. The van der Waals surface area contributed by atoms with Crippen molar-refractivity contribution in [1.82, 2.24) is 0 Å². The Bertz CT molecular complexity index is 1580. The second-order valence-electron chi connectivity index (χ2n) is 12.0. The molecule has 0 radical (unpaired) electrons. The van der Waals surface area contributed by atoms with Gasteiger partial charge in [0.05, 0.1) is 30.2 Å². The number of rotatable bonds is 11. The zero-order chi connectivity index (χ0) is 31.5. The number of fused-ring (bicyclic) bond motifs is 3. The Balaban J connectivity index is 1.23. The smallest absolute Gasteiger partial charge is 0.455 e. The minimum Gasteiger partial charge on any atom is -0.459 e. The van der Waals surface area contributed by atoms with Crippen LogP contribution in [-0.4, -0.2) is 48.9 Å². The number of para-hydroxylation sites is 1. The quantitative estimate of drug-likeness (QED) is 0.143. The van der Waals surface area contributed by atoms with Gasteiger partial charge in [0.2, 0.25) is 11.8 Å². The van der Waals surface area contributed by atoms with Crippen molar-refractivity contribution >= 4 is 42.1 Å². The molecule has 3 heterocycles. The predicted molar refractivity (Wildman–Crippen MR) is 172 cm³/mol. The van der Waals surface area contributed by atoms with Crippen molar-refractivity contribution in [2.24, 2.45) is 17.8 Å². The fourth-order valence-corrected chi connectivity index (χ4v) is 7.13. The van der Waals surface area contributed by atoms with Crippen LogP contribution in [0.1, 0.15) is 44.1 Å². The van der Waals surface area contributed by atoms with Crippen molar-refractivity contribution in [3.63, 3.8) is 0 Å². The number of benzene rings is 2. The number of nitrogens with zero attached hydrogens (tertiary/aromatic N) is 1. The summed E-state index contributed by atoms with van der Waals surface area (Å²) in [6, 6.07) is 20.7. The molecule has 9 nitrogen and oxygen atoms in total. The fourth-order valence-electron chi connectivity index (χ4n) is 7.13. The van der Waals surface area contributed by atoms with Gasteiger partial charge in [-0.05, 0) is 104 Å². The first-order valence-electron chi connectivity index (χ1n) is 15.6. The Hall–Kier alpha value is -3.96. The number of methoxy groups -OCH3 is 1. The maximum Gasteiger partial charge on any atom is 0.455 e. The summed E-state index contributed by atoms with van der Waals surface area (Å²) in [5, 5.41) is 23.6. The number of imide groups is 1.